The number of nitrogens with one attached hydrogen (secondary N) is 1. The van der Waals surface area contributed by atoms with Crippen LogP contribution in [0.1, 0.15) is 77.4 Å². The van der Waals surface area contributed by atoms with Gasteiger partial charge in [-0.05, 0) is 25.2 Å². The van der Waals surface area contributed by atoms with E-state index in [1.54, 1.807) is 0 Å². The summed E-state index contributed by atoms with van der Waals surface area (Å²) in [6.07, 6.45) is 6.42. The molecule has 3 heteroatoms. The molecule has 1 heterocycles. The Bertz CT molecular complexity index is 359. The van der Waals surface area contributed by atoms with Gasteiger partial charge in [0.1, 0.15) is 5.82 Å². The van der Waals surface area contributed by atoms with Crippen LogP contribution >= 0.6 is 0 Å². The van der Waals surface area contributed by atoms with Crippen molar-refractivity contribution in [2.75, 3.05) is 0 Å². The summed E-state index contributed by atoms with van der Waals surface area (Å²) >= 11 is 0. The Balaban J connectivity index is 2.25. The lowest BCUT2D eigenvalue weighted by molar-refractivity contribution is 0.329. The molecule has 96 valence electrons. The van der Waals surface area contributed by atoms with Gasteiger partial charge in [-0.2, -0.15) is 5.10 Å². The average molecular weight is 235 g/mol. The first kappa shape index (κ1) is 12.6. The van der Waals surface area contributed by atoms with E-state index in [0.29, 0.717) is 11.8 Å². The summed E-state index contributed by atoms with van der Waals surface area (Å²) in [5.74, 6) is 3.27. The van der Waals surface area contributed by atoms with Gasteiger partial charge in [0.25, 0.3) is 0 Å². The van der Waals surface area contributed by atoms with Gasteiger partial charge in [0, 0.05) is 11.3 Å². The summed E-state index contributed by atoms with van der Waals surface area (Å²) in [7, 11) is 0. The molecule has 0 amide bonds. The van der Waals surface area contributed by atoms with E-state index in [0.717, 1.165) is 11.6 Å². The van der Waals surface area contributed by atoms with Crippen molar-refractivity contribution in [1.82, 2.24) is 15.2 Å². The van der Waals surface area contributed by atoms with Gasteiger partial charge in [0.05, 0.1) is 0 Å². The maximum Gasteiger partial charge on any atom is 0.156 e. The molecule has 1 saturated carbocycles. The third-order valence-electron chi connectivity index (χ3n) is 3.88. The Morgan fingerprint density at radius 3 is 2.29 bits per heavy atom. The van der Waals surface area contributed by atoms with Crippen LogP contribution in [0.25, 0.3) is 0 Å². The van der Waals surface area contributed by atoms with Crippen LogP contribution in [0, 0.1) is 5.92 Å². The van der Waals surface area contributed by atoms with Gasteiger partial charge >= 0.3 is 0 Å². The number of hydrogen-bond acceptors (Lipinski definition) is 2. The fourth-order valence-electron chi connectivity index (χ4n) is 3.12. The summed E-state index contributed by atoms with van der Waals surface area (Å²) in [4.78, 5) is 4.75. The average Bonchev–Trinajstić information content (AvgIpc) is 2.83. The number of aromatic nitrogens is 3. The second-order valence-corrected chi connectivity index (χ2v) is 6.28. The van der Waals surface area contributed by atoms with Gasteiger partial charge in [-0.1, -0.05) is 40.5 Å². The molecular formula is C14H25N3. The number of nitrogens with zero attached hydrogens (tertiary/aromatic N) is 2. The molecular weight excluding hydrogens is 210 g/mol. The van der Waals surface area contributed by atoms with Crippen LogP contribution in [0.5, 0.6) is 0 Å². The monoisotopic (exact) mass is 235 g/mol. The predicted molar refractivity (Wildman–Crippen MR) is 70.1 cm³/mol. The van der Waals surface area contributed by atoms with Crippen molar-refractivity contribution < 1.29 is 0 Å². The third-order valence-corrected chi connectivity index (χ3v) is 3.88. The molecule has 0 unspecified atom stereocenters. The molecule has 1 aromatic rings. The van der Waals surface area contributed by atoms with Crippen molar-refractivity contribution in [2.45, 2.75) is 71.1 Å². The van der Waals surface area contributed by atoms with Gasteiger partial charge in [0.2, 0.25) is 0 Å². The van der Waals surface area contributed by atoms with Crippen molar-refractivity contribution >= 4 is 0 Å². The van der Waals surface area contributed by atoms with Gasteiger partial charge in [-0.3, -0.25) is 5.10 Å². The molecule has 0 aliphatic heterocycles. The minimum absolute atomic E-state index is 0.262. The van der Waals surface area contributed by atoms with E-state index in [9.17, 15) is 0 Å². The summed E-state index contributed by atoms with van der Waals surface area (Å²) in [6, 6.07) is 0. The molecule has 1 aliphatic rings. The van der Waals surface area contributed by atoms with Crippen LogP contribution < -0.4 is 0 Å². The highest BCUT2D eigenvalue weighted by Crippen LogP contribution is 2.44. The Kier molecular flexibility index (Phi) is 3.55. The van der Waals surface area contributed by atoms with E-state index in [1.807, 2.05) is 0 Å². The number of hydrogen-bond donors (Lipinski definition) is 1. The van der Waals surface area contributed by atoms with Crippen molar-refractivity contribution in [3.05, 3.63) is 11.6 Å². The second-order valence-electron chi connectivity index (χ2n) is 6.28. The summed E-state index contributed by atoms with van der Waals surface area (Å²) in [6.45, 7) is 8.92. The second kappa shape index (κ2) is 4.79. The minimum Gasteiger partial charge on any atom is -0.263 e. The topological polar surface area (TPSA) is 41.6 Å². The van der Waals surface area contributed by atoms with Crippen LogP contribution in [0.15, 0.2) is 0 Å². The highest BCUT2D eigenvalue weighted by Gasteiger charge is 2.39. The molecule has 0 spiro atoms. The minimum atomic E-state index is 0.262. The highest BCUT2D eigenvalue weighted by atomic mass is 15.2. The van der Waals surface area contributed by atoms with Crippen LogP contribution in [0.2, 0.25) is 0 Å². The van der Waals surface area contributed by atoms with Gasteiger partial charge in [-0.15, -0.1) is 0 Å². The molecule has 1 aromatic heterocycles. The SMILES string of the molecule is CC(C)CC1(c2n[nH]c(C(C)C)n2)CCCC1. The maximum absolute atomic E-state index is 4.75. The van der Waals surface area contributed by atoms with Gasteiger partial charge in [0.15, 0.2) is 5.82 Å². The highest BCUT2D eigenvalue weighted by molar-refractivity contribution is 5.12. The normalized spacial score (nSPS) is 19.4. The lowest BCUT2D eigenvalue weighted by Crippen LogP contribution is -2.26. The van der Waals surface area contributed by atoms with E-state index in [1.165, 1.54) is 32.1 Å². The van der Waals surface area contributed by atoms with Crippen molar-refractivity contribution in [3.8, 4) is 0 Å². The first-order chi connectivity index (χ1) is 8.03. The van der Waals surface area contributed by atoms with E-state index in [-0.39, 0.29) is 5.41 Å². The zero-order chi connectivity index (χ0) is 12.5. The van der Waals surface area contributed by atoms with Gasteiger partial charge < -0.3 is 0 Å². The van der Waals surface area contributed by atoms with Crippen molar-refractivity contribution in [3.63, 3.8) is 0 Å². The Labute approximate surface area is 104 Å². The third kappa shape index (κ3) is 2.53. The molecule has 0 radical (unpaired) electrons. The quantitative estimate of drug-likeness (QED) is 0.862. The molecule has 1 aliphatic carbocycles. The first-order valence-corrected chi connectivity index (χ1v) is 6.96. The van der Waals surface area contributed by atoms with E-state index >= 15 is 0 Å². The summed E-state index contributed by atoms with van der Waals surface area (Å²) in [5, 5.41) is 7.63. The molecule has 0 bridgehead atoms. The number of rotatable bonds is 4. The molecule has 17 heavy (non-hydrogen) atoms. The lowest BCUT2D eigenvalue weighted by atomic mass is 9.78. The van der Waals surface area contributed by atoms with Crippen LogP contribution in [0.3, 0.4) is 0 Å². The summed E-state index contributed by atoms with van der Waals surface area (Å²) in [5.41, 5.74) is 0.262. The smallest absolute Gasteiger partial charge is 0.156 e. The van der Waals surface area contributed by atoms with E-state index in [2.05, 4.69) is 37.9 Å². The number of aromatic amines is 1. The van der Waals surface area contributed by atoms with Crippen LogP contribution in [-0.4, -0.2) is 15.2 Å². The van der Waals surface area contributed by atoms with Crippen molar-refractivity contribution in [2.24, 2.45) is 5.92 Å². The molecule has 3 nitrogen and oxygen atoms in total. The maximum atomic E-state index is 4.75. The van der Waals surface area contributed by atoms with E-state index < -0.39 is 0 Å². The zero-order valence-corrected chi connectivity index (χ0v) is 11.6. The van der Waals surface area contributed by atoms with E-state index in [4.69, 9.17) is 4.98 Å². The van der Waals surface area contributed by atoms with Crippen molar-refractivity contribution in [1.29, 1.82) is 0 Å². The standard InChI is InChI=1S/C14H25N3/c1-10(2)9-14(7-5-6-8-14)13-15-12(11(3)4)16-17-13/h10-11H,5-9H2,1-4H3,(H,15,16,17). The predicted octanol–water partition coefficient (Wildman–Crippen LogP) is 3.79. The molecule has 2 rings (SSSR count). The number of H-pyrrole nitrogens is 1. The molecule has 1 fully saturated rings. The molecule has 0 atom stereocenters. The van der Waals surface area contributed by atoms with Crippen LogP contribution in [0.4, 0.5) is 0 Å². The largest absolute Gasteiger partial charge is 0.263 e. The zero-order valence-electron chi connectivity index (χ0n) is 11.6. The Morgan fingerprint density at radius 1 is 1.18 bits per heavy atom. The fourth-order valence-corrected chi connectivity index (χ4v) is 3.12. The molecule has 0 aromatic carbocycles. The Morgan fingerprint density at radius 2 is 1.82 bits per heavy atom. The Hall–Kier alpha value is -0.860. The molecule has 1 N–H and O–H groups in total. The summed E-state index contributed by atoms with van der Waals surface area (Å²) < 4.78 is 0. The lowest BCUT2D eigenvalue weighted by Gasteiger charge is -2.27. The van der Waals surface area contributed by atoms with Crippen LogP contribution in [-0.2, 0) is 5.41 Å². The first-order valence-electron chi connectivity index (χ1n) is 6.96. The fraction of sp³-hybridized carbons (Fsp3) is 0.857. The molecule has 0 saturated heterocycles. The van der Waals surface area contributed by atoms with Gasteiger partial charge in [-0.25, -0.2) is 4.98 Å².